The molecule has 0 fully saturated rings. The number of hydrogen-bond donors (Lipinski definition) is 2. The van der Waals surface area contributed by atoms with Crippen molar-refractivity contribution in [2.24, 2.45) is 0 Å². The van der Waals surface area contributed by atoms with Gasteiger partial charge in [-0.25, -0.2) is 4.39 Å². The lowest BCUT2D eigenvalue weighted by Gasteiger charge is -2.24. The average Bonchev–Trinajstić information content (AvgIpc) is 2.37. The van der Waals surface area contributed by atoms with E-state index in [0.717, 1.165) is 6.42 Å². The van der Waals surface area contributed by atoms with Gasteiger partial charge in [0, 0.05) is 31.4 Å². The molecule has 18 heavy (non-hydrogen) atoms. The highest BCUT2D eigenvalue weighted by molar-refractivity contribution is 5.21. The Hall–Kier alpha value is -0.970. The Labute approximate surface area is 108 Å². The minimum Gasteiger partial charge on any atom is -0.396 e. The lowest BCUT2D eigenvalue weighted by atomic mass is 10.0. The van der Waals surface area contributed by atoms with Crippen molar-refractivity contribution in [3.63, 3.8) is 0 Å². The van der Waals surface area contributed by atoms with Crippen molar-refractivity contribution in [2.45, 2.75) is 31.8 Å². The molecule has 3 nitrogen and oxygen atoms in total. The SMILES string of the molecule is CCC(NC(CCO)COC)c1ccccc1F. The zero-order chi connectivity index (χ0) is 13.4. The van der Waals surface area contributed by atoms with Gasteiger partial charge in [-0.2, -0.15) is 0 Å². The molecule has 0 saturated carbocycles. The molecule has 0 saturated heterocycles. The predicted octanol–water partition coefficient (Wildman–Crippen LogP) is 2.26. The van der Waals surface area contributed by atoms with E-state index < -0.39 is 0 Å². The normalized spacial score (nSPS) is 14.4. The summed E-state index contributed by atoms with van der Waals surface area (Å²) in [7, 11) is 1.62. The Morgan fingerprint density at radius 2 is 2.11 bits per heavy atom. The molecule has 0 radical (unpaired) electrons. The second kappa shape index (κ2) is 8.19. The van der Waals surface area contributed by atoms with Gasteiger partial charge in [-0.1, -0.05) is 25.1 Å². The quantitative estimate of drug-likeness (QED) is 0.748. The molecule has 4 heteroatoms. The number of benzene rings is 1. The number of aliphatic hydroxyl groups excluding tert-OH is 1. The van der Waals surface area contributed by atoms with E-state index in [1.807, 2.05) is 13.0 Å². The molecule has 0 heterocycles. The third-order valence-electron chi connectivity index (χ3n) is 2.97. The number of nitrogens with one attached hydrogen (secondary N) is 1. The molecule has 1 aromatic carbocycles. The molecule has 0 aromatic heterocycles. The summed E-state index contributed by atoms with van der Waals surface area (Å²) in [6.07, 6.45) is 1.38. The van der Waals surface area contributed by atoms with Gasteiger partial charge < -0.3 is 15.2 Å². The second-order valence-electron chi connectivity index (χ2n) is 4.31. The Morgan fingerprint density at radius 1 is 1.39 bits per heavy atom. The van der Waals surface area contributed by atoms with Gasteiger partial charge in [0.2, 0.25) is 0 Å². The molecule has 0 bridgehead atoms. The summed E-state index contributed by atoms with van der Waals surface area (Å²) in [5.74, 6) is -0.197. The molecule has 2 unspecified atom stereocenters. The van der Waals surface area contributed by atoms with Crippen LogP contribution in [0.1, 0.15) is 31.4 Å². The first kappa shape index (κ1) is 15.1. The van der Waals surface area contributed by atoms with Gasteiger partial charge in [0.1, 0.15) is 5.82 Å². The maximum atomic E-state index is 13.7. The van der Waals surface area contributed by atoms with Crippen molar-refractivity contribution in [1.29, 1.82) is 0 Å². The lowest BCUT2D eigenvalue weighted by Crippen LogP contribution is -2.37. The summed E-state index contributed by atoms with van der Waals surface area (Å²) in [5.41, 5.74) is 0.666. The van der Waals surface area contributed by atoms with Gasteiger partial charge >= 0.3 is 0 Å². The molecule has 1 rings (SSSR count). The third kappa shape index (κ3) is 4.37. The Balaban J connectivity index is 2.73. The van der Waals surface area contributed by atoms with E-state index in [2.05, 4.69) is 5.32 Å². The summed E-state index contributed by atoms with van der Waals surface area (Å²) in [4.78, 5) is 0. The van der Waals surface area contributed by atoms with E-state index in [0.29, 0.717) is 18.6 Å². The van der Waals surface area contributed by atoms with Crippen LogP contribution in [0, 0.1) is 5.82 Å². The molecule has 0 aliphatic heterocycles. The highest BCUT2D eigenvalue weighted by Crippen LogP contribution is 2.20. The summed E-state index contributed by atoms with van der Waals surface area (Å²) in [6.45, 7) is 2.60. The van der Waals surface area contributed by atoms with Crippen LogP contribution >= 0.6 is 0 Å². The second-order valence-corrected chi connectivity index (χ2v) is 4.31. The fourth-order valence-electron chi connectivity index (χ4n) is 2.04. The first-order chi connectivity index (χ1) is 8.72. The number of halogens is 1. The van der Waals surface area contributed by atoms with Crippen LogP contribution in [-0.4, -0.2) is 31.5 Å². The van der Waals surface area contributed by atoms with Gasteiger partial charge in [-0.05, 0) is 18.9 Å². The molecule has 2 N–H and O–H groups in total. The molecular formula is C14H22FNO2. The molecule has 0 aliphatic carbocycles. The summed E-state index contributed by atoms with van der Waals surface area (Å²) in [6, 6.07) is 6.75. The number of rotatable bonds is 8. The highest BCUT2D eigenvalue weighted by atomic mass is 19.1. The van der Waals surface area contributed by atoms with Crippen LogP contribution in [0.3, 0.4) is 0 Å². The summed E-state index contributed by atoms with van der Waals surface area (Å²) in [5, 5.41) is 12.3. The maximum Gasteiger partial charge on any atom is 0.127 e. The zero-order valence-corrected chi connectivity index (χ0v) is 11.0. The van der Waals surface area contributed by atoms with Gasteiger partial charge in [0.25, 0.3) is 0 Å². The third-order valence-corrected chi connectivity index (χ3v) is 2.97. The summed E-state index contributed by atoms with van der Waals surface area (Å²) < 4.78 is 18.8. The number of aliphatic hydroxyl groups is 1. The fourth-order valence-corrected chi connectivity index (χ4v) is 2.04. The molecule has 1 aromatic rings. The largest absolute Gasteiger partial charge is 0.396 e. The molecule has 102 valence electrons. The standard InChI is InChI=1S/C14H22FNO2/c1-3-14(12-6-4-5-7-13(12)15)16-11(8-9-17)10-18-2/h4-7,11,14,16-17H,3,8-10H2,1-2H3. The van der Waals surface area contributed by atoms with E-state index in [4.69, 9.17) is 9.84 Å². The predicted molar refractivity (Wildman–Crippen MR) is 69.9 cm³/mol. The average molecular weight is 255 g/mol. The van der Waals surface area contributed by atoms with E-state index in [1.54, 1.807) is 19.2 Å². The van der Waals surface area contributed by atoms with Crippen molar-refractivity contribution in [3.05, 3.63) is 35.6 Å². The zero-order valence-electron chi connectivity index (χ0n) is 11.0. The smallest absolute Gasteiger partial charge is 0.127 e. The van der Waals surface area contributed by atoms with Crippen LogP contribution < -0.4 is 5.32 Å². The maximum absolute atomic E-state index is 13.7. The van der Waals surface area contributed by atoms with Crippen molar-refractivity contribution >= 4 is 0 Å². The minimum atomic E-state index is -0.197. The minimum absolute atomic E-state index is 0.0320. The van der Waals surface area contributed by atoms with Crippen molar-refractivity contribution in [3.8, 4) is 0 Å². The molecule has 0 amide bonds. The van der Waals surface area contributed by atoms with Crippen LogP contribution in [0.5, 0.6) is 0 Å². The van der Waals surface area contributed by atoms with Crippen molar-refractivity contribution < 1.29 is 14.2 Å². The first-order valence-electron chi connectivity index (χ1n) is 6.33. The molecule has 0 aliphatic rings. The topological polar surface area (TPSA) is 41.5 Å². The van der Waals surface area contributed by atoms with Crippen LogP contribution in [0.25, 0.3) is 0 Å². The van der Waals surface area contributed by atoms with Gasteiger partial charge in [0.05, 0.1) is 6.61 Å². The Morgan fingerprint density at radius 3 is 2.67 bits per heavy atom. The number of methoxy groups -OCH3 is 1. The fraction of sp³-hybridized carbons (Fsp3) is 0.571. The van der Waals surface area contributed by atoms with Crippen LogP contribution in [-0.2, 0) is 4.74 Å². The Kier molecular flexibility index (Phi) is 6.86. The van der Waals surface area contributed by atoms with Gasteiger partial charge in [0.15, 0.2) is 0 Å². The molecular weight excluding hydrogens is 233 g/mol. The van der Waals surface area contributed by atoms with Crippen LogP contribution in [0.15, 0.2) is 24.3 Å². The highest BCUT2D eigenvalue weighted by Gasteiger charge is 2.17. The number of ether oxygens (including phenoxy) is 1. The van der Waals surface area contributed by atoms with E-state index >= 15 is 0 Å². The van der Waals surface area contributed by atoms with E-state index in [-0.39, 0.29) is 24.5 Å². The first-order valence-corrected chi connectivity index (χ1v) is 6.33. The van der Waals surface area contributed by atoms with E-state index in [1.165, 1.54) is 6.07 Å². The Bertz CT molecular complexity index is 340. The lowest BCUT2D eigenvalue weighted by molar-refractivity contribution is 0.141. The van der Waals surface area contributed by atoms with Gasteiger partial charge in [-0.15, -0.1) is 0 Å². The number of hydrogen-bond acceptors (Lipinski definition) is 3. The van der Waals surface area contributed by atoms with E-state index in [9.17, 15) is 4.39 Å². The molecule has 2 atom stereocenters. The molecule has 0 spiro atoms. The van der Waals surface area contributed by atoms with Crippen molar-refractivity contribution in [2.75, 3.05) is 20.3 Å². The van der Waals surface area contributed by atoms with Crippen LogP contribution in [0.4, 0.5) is 4.39 Å². The monoisotopic (exact) mass is 255 g/mol. The van der Waals surface area contributed by atoms with Crippen molar-refractivity contribution in [1.82, 2.24) is 5.32 Å². The van der Waals surface area contributed by atoms with Crippen LogP contribution in [0.2, 0.25) is 0 Å². The van der Waals surface area contributed by atoms with Gasteiger partial charge in [-0.3, -0.25) is 0 Å². The summed E-state index contributed by atoms with van der Waals surface area (Å²) >= 11 is 0.